The van der Waals surface area contributed by atoms with E-state index in [0.717, 1.165) is 11.1 Å². The van der Waals surface area contributed by atoms with Crippen LogP contribution in [0.25, 0.3) is 0 Å². The first-order valence-electron chi connectivity index (χ1n) is 5.65. The van der Waals surface area contributed by atoms with Crippen LogP contribution in [0.2, 0.25) is 0 Å². The zero-order chi connectivity index (χ0) is 13.8. The molecule has 0 spiro atoms. The molecule has 0 bridgehead atoms. The second-order valence-corrected chi connectivity index (χ2v) is 4.85. The van der Waals surface area contributed by atoms with E-state index in [-0.39, 0.29) is 10.0 Å². The zero-order valence-electron chi connectivity index (χ0n) is 10.2. The second kappa shape index (κ2) is 5.81. The van der Waals surface area contributed by atoms with E-state index >= 15 is 0 Å². The lowest BCUT2D eigenvalue weighted by molar-refractivity contribution is 0.623. The zero-order valence-corrected chi connectivity index (χ0v) is 11.8. The number of nitriles is 1. The Kier molecular flexibility index (Phi) is 4.13. The van der Waals surface area contributed by atoms with Crippen molar-refractivity contribution in [1.82, 2.24) is 4.98 Å². The van der Waals surface area contributed by atoms with E-state index in [4.69, 9.17) is 5.26 Å². The lowest BCUT2D eigenvalue weighted by atomic mass is 10.1. The summed E-state index contributed by atoms with van der Waals surface area (Å²) in [7, 11) is 0. The molecule has 2 rings (SSSR count). The quantitative estimate of drug-likeness (QED) is 0.936. The van der Waals surface area contributed by atoms with Gasteiger partial charge in [0.2, 0.25) is 0 Å². The van der Waals surface area contributed by atoms with E-state index < -0.39 is 5.82 Å². The summed E-state index contributed by atoms with van der Waals surface area (Å²) in [5.41, 5.74) is 2.73. The number of aromatic nitrogens is 1. The second-order valence-electron chi connectivity index (χ2n) is 4.06. The van der Waals surface area contributed by atoms with Crippen molar-refractivity contribution in [3.8, 4) is 6.07 Å². The first-order valence-corrected chi connectivity index (χ1v) is 6.44. The number of nitrogens with one attached hydrogen (secondary N) is 1. The molecule has 5 heteroatoms. The maximum atomic E-state index is 14.0. The van der Waals surface area contributed by atoms with Crippen LogP contribution in [0, 0.1) is 24.1 Å². The summed E-state index contributed by atoms with van der Waals surface area (Å²) >= 11 is 3.08. The Balaban J connectivity index is 2.20. The lowest BCUT2D eigenvalue weighted by Crippen LogP contribution is -2.04. The van der Waals surface area contributed by atoms with Crippen LogP contribution in [0.3, 0.4) is 0 Å². The Morgan fingerprint density at radius 1 is 1.42 bits per heavy atom. The number of aryl methyl sites for hydroxylation is 1. The van der Waals surface area contributed by atoms with Crippen LogP contribution in [0.4, 0.5) is 10.1 Å². The molecular formula is C14H11BrFN3. The summed E-state index contributed by atoms with van der Waals surface area (Å²) < 4.78 is 14.2. The van der Waals surface area contributed by atoms with Crippen molar-refractivity contribution < 1.29 is 4.39 Å². The van der Waals surface area contributed by atoms with Crippen molar-refractivity contribution in [2.75, 3.05) is 5.32 Å². The maximum Gasteiger partial charge on any atom is 0.161 e. The van der Waals surface area contributed by atoms with Gasteiger partial charge in [-0.05, 0) is 52.2 Å². The molecule has 0 atom stereocenters. The molecule has 0 saturated heterocycles. The van der Waals surface area contributed by atoms with Crippen LogP contribution in [0.5, 0.6) is 0 Å². The number of hydrogen-bond acceptors (Lipinski definition) is 3. The van der Waals surface area contributed by atoms with Crippen LogP contribution in [0.1, 0.15) is 16.7 Å². The van der Waals surface area contributed by atoms with E-state index in [0.29, 0.717) is 12.2 Å². The van der Waals surface area contributed by atoms with Crippen LogP contribution in [-0.4, -0.2) is 4.98 Å². The molecule has 1 aromatic heterocycles. The molecule has 3 nitrogen and oxygen atoms in total. The molecule has 1 heterocycles. The Hall–Kier alpha value is -1.93. The Morgan fingerprint density at radius 2 is 2.21 bits per heavy atom. The summed E-state index contributed by atoms with van der Waals surface area (Å²) in [4.78, 5) is 4.04. The first-order chi connectivity index (χ1) is 9.13. The van der Waals surface area contributed by atoms with Crippen LogP contribution >= 0.6 is 15.9 Å². The topological polar surface area (TPSA) is 48.7 Å². The number of anilines is 1. The van der Waals surface area contributed by atoms with E-state index in [1.807, 2.05) is 19.1 Å². The fourth-order valence-corrected chi connectivity index (χ4v) is 2.08. The van der Waals surface area contributed by atoms with Crippen molar-refractivity contribution in [3.63, 3.8) is 0 Å². The van der Waals surface area contributed by atoms with Gasteiger partial charge in [-0.2, -0.15) is 5.26 Å². The van der Waals surface area contributed by atoms with Gasteiger partial charge in [-0.15, -0.1) is 0 Å². The third-order valence-corrected chi connectivity index (χ3v) is 3.59. The molecule has 0 fully saturated rings. The van der Waals surface area contributed by atoms with Gasteiger partial charge in [0, 0.05) is 18.9 Å². The first kappa shape index (κ1) is 13.5. The van der Waals surface area contributed by atoms with Gasteiger partial charge in [0.25, 0.3) is 0 Å². The molecule has 96 valence electrons. The highest BCUT2D eigenvalue weighted by Gasteiger charge is 2.11. The van der Waals surface area contributed by atoms with Crippen LogP contribution in [-0.2, 0) is 6.54 Å². The number of rotatable bonds is 3. The van der Waals surface area contributed by atoms with Gasteiger partial charge in [-0.3, -0.25) is 4.98 Å². The third kappa shape index (κ3) is 2.91. The molecule has 0 amide bonds. The summed E-state index contributed by atoms with van der Waals surface area (Å²) in [5.74, 6) is -0.458. The third-order valence-electron chi connectivity index (χ3n) is 2.82. The monoisotopic (exact) mass is 319 g/mol. The van der Waals surface area contributed by atoms with Crippen LogP contribution < -0.4 is 5.32 Å². The molecule has 0 unspecified atom stereocenters. The van der Waals surface area contributed by atoms with Crippen molar-refractivity contribution in [1.29, 1.82) is 5.26 Å². The number of pyridine rings is 1. The molecule has 0 aliphatic heterocycles. The minimum absolute atomic E-state index is 0.183. The summed E-state index contributed by atoms with van der Waals surface area (Å²) in [6.07, 6.45) is 3.47. The average molecular weight is 320 g/mol. The SMILES string of the molecule is Cc1ccncc1CNc1ccc(C#N)c(Br)c1F. The largest absolute Gasteiger partial charge is 0.378 e. The number of halogens is 2. The fourth-order valence-electron chi connectivity index (χ4n) is 1.64. The molecule has 2 aromatic rings. The fraction of sp³-hybridized carbons (Fsp3) is 0.143. The van der Waals surface area contributed by atoms with Gasteiger partial charge in [-0.1, -0.05) is 0 Å². The van der Waals surface area contributed by atoms with Gasteiger partial charge in [0.1, 0.15) is 6.07 Å². The van der Waals surface area contributed by atoms with Crippen molar-refractivity contribution in [2.24, 2.45) is 0 Å². The molecule has 0 saturated carbocycles. The normalized spacial score (nSPS) is 10.0. The molecule has 1 aromatic carbocycles. The Bertz CT molecular complexity index is 650. The predicted octanol–water partition coefficient (Wildman–Crippen LogP) is 3.78. The average Bonchev–Trinajstić information content (AvgIpc) is 2.42. The predicted molar refractivity (Wildman–Crippen MR) is 75.1 cm³/mol. The standard InChI is InChI=1S/C14H11BrFN3/c1-9-4-5-18-7-11(9)8-19-12-3-2-10(6-17)13(15)14(12)16/h2-5,7,19H,8H2,1H3. The van der Waals surface area contributed by atoms with Gasteiger partial charge in [0.05, 0.1) is 15.7 Å². The molecule has 0 aliphatic carbocycles. The van der Waals surface area contributed by atoms with Gasteiger partial charge < -0.3 is 5.32 Å². The Labute approximate surface area is 119 Å². The molecule has 19 heavy (non-hydrogen) atoms. The van der Waals surface area contributed by atoms with Gasteiger partial charge in [0.15, 0.2) is 5.82 Å². The highest BCUT2D eigenvalue weighted by atomic mass is 79.9. The van der Waals surface area contributed by atoms with Crippen molar-refractivity contribution >= 4 is 21.6 Å². The van der Waals surface area contributed by atoms with E-state index in [9.17, 15) is 4.39 Å². The van der Waals surface area contributed by atoms with E-state index in [1.54, 1.807) is 24.5 Å². The lowest BCUT2D eigenvalue weighted by Gasteiger charge is -2.10. The molecular weight excluding hydrogens is 309 g/mol. The minimum Gasteiger partial charge on any atom is -0.378 e. The van der Waals surface area contributed by atoms with E-state index in [1.165, 1.54) is 0 Å². The highest BCUT2D eigenvalue weighted by Crippen LogP contribution is 2.27. The smallest absolute Gasteiger partial charge is 0.161 e. The maximum absolute atomic E-state index is 14.0. The molecule has 0 radical (unpaired) electrons. The Morgan fingerprint density at radius 3 is 2.89 bits per heavy atom. The van der Waals surface area contributed by atoms with Gasteiger partial charge >= 0.3 is 0 Å². The number of hydrogen-bond donors (Lipinski definition) is 1. The number of nitrogens with zero attached hydrogens (tertiary/aromatic N) is 2. The summed E-state index contributed by atoms with van der Waals surface area (Å²) in [5, 5.41) is 11.8. The summed E-state index contributed by atoms with van der Waals surface area (Å²) in [6, 6.07) is 6.96. The molecule has 0 aliphatic rings. The highest BCUT2D eigenvalue weighted by molar-refractivity contribution is 9.10. The molecule has 1 N–H and O–H groups in total. The summed E-state index contributed by atoms with van der Waals surface area (Å²) in [6.45, 7) is 2.46. The van der Waals surface area contributed by atoms with Gasteiger partial charge in [-0.25, -0.2) is 4.39 Å². The number of benzene rings is 1. The van der Waals surface area contributed by atoms with Crippen LogP contribution in [0.15, 0.2) is 35.1 Å². The van der Waals surface area contributed by atoms with Crippen molar-refractivity contribution in [3.05, 3.63) is 57.6 Å². The van der Waals surface area contributed by atoms with Crippen molar-refractivity contribution in [2.45, 2.75) is 13.5 Å². The van der Waals surface area contributed by atoms with E-state index in [2.05, 4.69) is 26.2 Å². The minimum atomic E-state index is -0.458.